The Morgan fingerprint density at radius 2 is 1.79 bits per heavy atom. The quantitative estimate of drug-likeness (QED) is 0.718. The SMILES string of the molecule is CC(C)(C)OC(=O)NC1CCCC(NCC2(CO)CCCCC2)C1. The lowest BCUT2D eigenvalue weighted by atomic mass is 9.74. The average Bonchev–Trinajstić information content (AvgIpc) is 2.52. The van der Waals surface area contributed by atoms with E-state index in [9.17, 15) is 9.90 Å². The minimum absolute atomic E-state index is 0.0732. The standard InChI is InChI=1S/C19H36N2O3/c1-18(2,3)24-17(23)21-16-9-7-8-15(12-16)20-13-19(14-22)10-5-4-6-11-19/h15-16,20,22H,4-14H2,1-3H3,(H,21,23). The van der Waals surface area contributed by atoms with E-state index in [0.717, 1.165) is 45.1 Å². The maximum absolute atomic E-state index is 11.9. The van der Waals surface area contributed by atoms with E-state index in [1.165, 1.54) is 19.3 Å². The van der Waals surface area contributed by atoms with Gasteiger partial charge >= 0.3 is 6.09 Å². The Morgan fingerprint density at radius 1 is 1.12 bits per heavy atom. The van der Waals surface area contributed by atoms with Crippen LogP contribution in [0.1, 0.15) is 78.6 Å². The maximum atomic E-state index is 11.9. The van der Waals surface area contributed by atoms with Crippen molar-refractivity contribution in [3.63, 3.8) is 0 Å². The van der Waals surface area contributed by atoms with E-state index in [0.29, 0.717) is 6.04 Å². The molecule has 2 saturated carbocycles. The molecule has 140 valence electrons. The molecular formula is C19H36N2O3. The Hall–Kier alpha value is -0.810. The Labute approximate surface area is 146 Å². The van der Waals surface area contributed by atoms with Gasteiger partial charge in [-0.05, 0) is 59.3 Å². The number of aliphatic hydroxyl groups is 1. The molecule has 2 rings (SSSR count). The van der Waals surface area contributed by atoms with Crippen molar-refractivity contribution in [1.29, 1.82) is 0 Å². The number of aliphatic hydroxyl groups excluding tert-OH is 1. The van der Waals surface area contributed by atoms with Crippen molar-refractivity contribution < 1.29 is 14.6 Å². The zero-order valence-corrected chi connectivity index (χ0v) is 15.7. The normalized spacial score (nSPS) is 27.5. The summed E-state index contributed by atoms with van der Waals surface area (Å²) >= 11 is 0. The van der Waals surface area contributed by atoms with Crippen LogP contribution in [-0.4, -0.2) is 42.0 Å². The number of hydrogen-bond donors (Lipinski definition) is 3. The summed E-state index contributed by atoms with van der Waals surface area (Å²) in [5.41, 5.74) is -0.380. The van der Waals surface area contributed by atoms with Gasteiger partial charge in [-0.1, -0.05) is 19.3 Å². The molecule has 3 N–H and O–H groups in total. The van der Waals surface area contributed by atoms with Crippen LogP contribution in [0.2, 0.25) is 0 Å². The highest BCUT2D eigenvalue weighted by molar-refractivity contribution is 5.68. The number of alkyl carbamates (subject to hydrolysis) is 1. The lowest BCUT2D eigenvalue weighted by Crippen LogP contribution is -2.48. The number of carbonyl (C=O) groups is 1. The monoisotopic (exact) mass is 340 g/mol. The highest BCUT2D eigenvalue weighted by Gasteiger charge is 2.33. The molecule has 2 unspecified atom stereocenters. The molecule has 0 aromatic carbocycles. The van der Waals surface area contributed by atoms with E-state index in [1.807, 2.05) is 20.8 Å². The Bertz CT molecular complexity index is 400. The second kappa shape index (κ2) is 8.52. The summed E-state index contributed by atoms with van der Waals surface area (Å²) in [4.78, 5) is 11.9. The van der Waals surface area contributed by atoms with Crippen molar-refractivity contribution in [1.82, 2.24) is 10.6 Å². The first-order chi connectivity index (χ1) is 11.3. The molecule has 0 heterocycles. The van der Waals surface area contributed by atoms with Crippen molar-refractivity contribution in [2.75, 3.05) is 13.2 Å². The fourth-order valence-electron chi connectivity index (χ4n) is 4.03. The van der Waals surface area contributed by atoms with Crippen molar-refractivity contribution in [3.8, 4) is 0 Å². The van der Waals surface area contributed by atoms with Crippen molar-refractivity contribution in [2.45, 2.75) is 96.2 Å². The van der Waals surface area contributed by atoms with Crippen LogP contribution in [0.15, 0.2) is 0 Å². The van der Waals surface area contributed by atoms with Crippen molar-refractivity contribution >= 4 is 6.09 Å². The first kappa shape index (κ1) is 19.5. The van der Waals surface area contributed by atoms with E-state index in [2.05, 4.69) is 10.6 Å². The summed E-state index contributed by atoms with van der Waals surface area (Å²) in [7, 11) is 0. The van der Waals surface area contributed by atoms with Crippen LogP contribution in [0.4, 0.5) is 4.79 Å². The van der Waals surface area contributed by atoms with Gasteiger partial charge in [0.15, 0.2) is 0 Å². The topological polar surface area (TPSA) is 70.6 Å². The van der Waals surface area contributed by atoms with Gasteiger partial charge in [0.25, 0.3) is 0 Å². The Morgan fingerprint density at radius 3 is 2.42 bits per heavy atom. The second-order valence-corrected chi connectivity index (χ2v) is 8.81. The van der Waals surface area contributed by atoms with Crippen LogP contribution in [0.3, 0.4) is 0 Å². The second-order valence-electron chi connectivity index (χ2n) is 8.81. The van der Waals surface area contributed by atoms with E-state index < -0.39 is 5.60 Å². The minimum Gasteiger partial charge on any atom is -0.444 e. The smallest absolute Gasteiger partial charge is 0.407 e. The largest absolute Gasteiger partial charge is 0.444 e. The third-order valence-corrected chi connectivity index (χ3v) is 5.41. The van der Waals surface area contributed by atoms with E-state index in [4.69, 9.17) is 4.74 Å². The highest BCUT2D eigenvalue weighted by atomic mass is 16.6. The number of nitrogens with one attached hydrogen (secondary N) is 2. The molecule has 0 aromatic heterocycles. The predicted molar refractivity (Wildman–Crippen MR) is 96.0 cm³/mol. The fourth-order valence-corrected chi connectivity index (χ4v) is 4.03. The molecule has 0 radical (unpaired) electrons. The molecule has 0 aromatic rings. The molecule has 0 aliphatic heterocycles. The molecule has 1 amide bonds. The predicted octanol–water partition coefficient (Wildman–Crippen LogP) is 3.35. The molecule has 2 aliphatic rings. The van der Waals surface area contributed by atoms with Crippen LogP contribution in [0.25, 0.3) is 0 Å². The van der Waals surface area contributed by atoms with Crippen LogP contribution in [-0.2, 0) is 4.74 Å². The molecule has 2 fully saturated rings. The first-order valence-corrected chi connectivity index (χ1v) is 9.66. The van der Waals surface area contributed by atoms with E-state index >= 15 is 0 Å². The summed E-state index contributed by atoms with van der Waals surface area (Å²) < 4.78 is 5.36. The molecule has 2 atom stereocenters. The lowest BCUT2D eigenvalue weighted by molar-refractivity contribution is 0.0482. The van der Waals surface area contributed by atoms with Crippen LogP contribution < -0.4 is 10.6 Å². The lowest BCUT2D eigenvalue weighted by Gasteiger charge is -2.38. The first-order valence-electron chi connectivity index (χ1n) is 9.66. The van der Waals surface area contributed by atoms with E-state index in [-0.39, 0.29) is 24.2 Å². The molecule has 2 aliphatic carbocycles. The van der Waals surface area contributed by atoms with Gasteiger partial charge in [-0.2, -0.15) is 0 Å². The summed E-state index contributed by atoms with van der Waals surface area (Å²) in [6, 6.07) is 0.603. The third-order valence-electron chi connectivity index (χ3n) is 5.41. The number of hydrogen-bond acceptors (Lipinski definition) is 4. The number of carbonyl (C=O) groups excluding carboxylic acids is 1. The molecule has 0 bridgehead atoms. The van der Waals surface area contributed by atoms with Crippen LogP contribution in [0, 0.1) is 5.41 Å². The molecule has 24 heavy (non-hydrogen) atoms. The Kier molecular flexibility index (Phi) is 6.93. The zero-order valence-electron chi connectivity index (χ0n) is 15.7. The van der Waals surface area contributed by atoms with Gasteiger partial charge in [0.05, 0.1) is 0 Å². The van der Waals surface area contributed by atoms with Gasteiger partial charge in [0, 0.05) is 30.7 Å². The molecule has 0 saturated heterocycles. The average molecular weight is 341 g/mol. The molecule has 0 spiro atoms. The van der Waals surface area contributed by atoms with Crippen molar-refractivity contribution in [2.24, 2.45) is 5.41 Å². The van der Waals surface area contributed by atoms with Gasteiger partial charge in [-0.3, -0.25) is 0 Å². The number of amides is 1. The van der Waals surface area contributed by atoms with Crippen LogP contribution >= 0.6 is 0 Å². The molecular weight excluding hydrogens is 304 g/mol. The van der Waals surface area contributed by atoms with Gasteiger partial charge in [0.1, 0.15) is 5.60 Å². The van der Waals surface area contributed by atoms with Gasteiger partial charge in [0.2, 0.25) is 0 Å². The Balaban J connectivity index is 1.77. The molecule has 5 heteroatoms. The maximum Gasteiger partial charge on any atom is 0.407 e. The minimum atomic E-state index is -0.453. The summed E-state index contributed by atoms with van der Waals surface area (Å²) in [6.45, 7) is 6.84. The van der Waals surface area contributed by atoms with Gasteiger partial charge in [-0.15, -0.1) is 0 Å². The van der Waals surface area contributed by atoms with E-state index in [1.54, 1.807) is 0 Å². The van der Waals surface area contributed by atoms with Crippen molar-refractivity contribution in [3.05, 3.63) is 0 Å². The molecule has 5 nitrogen and oxygen atoms in total. The summed E-state index contributed by atoms with van der Waals surface area (Å²) in [6.07, 6.45) is 9.93. The zero-order chi connectivity index (χ0) is 17.6. The third kappa shape index (κ3) is 6.25. The number of ether oxygens (including phenoxy) is 1. The van der Waals surface area contributed by atoms with Gasteiger partial charge < -0.3 is 20.5 Å². The van der Waals surface area contributed by atoms with Crippen LogP contribution in [0.5, 0.6) is 0 Å². The fraction of sp³-hybridized carbons (Fsp3) is 0.947. The van der Waals surface area contributed by atoms with Gasteiger partial charge in [-0.25, -0.2) is 4.79 Å². The number of rotatable bonds is 5. The highest BCUT2D eigenvalue weighted by Crippen LogP contribution is 2.35. The summed E-state index contributed by atoms with van der Waals surface area (Å²) in [5.74, 6) is 0. The summed E-state index contributed by atoms with van der Waals surface area (Å²) in [5, 5.41) is 16.5.